The Morgan fingerprint density at radius 1 is 1.03 bits per heavy atom. The van der Waals surface area contributed by atoms with Gasteiger partial charge in [0, 0.05) is 15.1 Å². The van der Waals surface area contributed by atoms with Gasteiger partial charge in [0.05, 0.1) is 17.5 Å². The number of thiocarbonyl (C=S) groups is 2. The normalized spacial score (nSPS) is 13.1. The van der Waals surface area contributed by atoms with Crippen LogP contribution in [0.1, 0.15) is 33.7 Å². The second kappa shape index (κ2) is 12.0. The molecule has 0 radical (unpaired) electrons. The highest BCUT2D eigenvalue weighted by Gasteiger charge is 2.39. The van der Waals surface area contributed by atoms with Crippen LogP contribution in [0, 0.1) is 13.8 Å². The van der Waals surface area contributed by atoms with Crippen molar-refractivity contribution in [3.05, 3.63) is 73.7 Å². The number of allylic oxidation sites excluding steroid dienone is 1. The molecule has 0 fully saturated rings. The first-order chi connectivity index (χ1) is 16.1. The van der Waals surface area contributed by atoms with Crippen LogP contribution >= 0.6 is 52.0 Å². The van der Waals surface area contributed by atoms with Crippen LogP contribution in [0.2, 0.25) is 5.02 Å². The van der Waals surface area contributed by atoms with E-state index < -0.39 is 24.8 Å². The van der Waals surface area contributed by atoms with Gasteiger partial charge in [-0.25, -0.2) is 0 Å². The molecular formula is C23H20BrClF6N2S2. The van der Waals surface area contributed by atoms with Gasteiger partial charge in [0.25, 0.3) is 0 Å². The van der Waals surface area contributed by atoms with Gasteiger partial charge in [-0.1, -0.05) is 88.4 Å². The fourth-order valence-corrected chi connectivity index (χ4v) is 4.34. The SMILES string of the molecule is Cc1cc(C(/C=C/c2ccc(C(=S)NCC(=S)NCC(F)(F)F)c(Br)c2)C(F)(F)F)cc(C)c1Cl. The standard InChI is InChI=1S/C23H20BrClF6N2S2/c1-12-7-15(8-13(2)20(12)25)17(23(29,30)31)6-4-14-3-5-16(18(24)9-14)21(35)32-10-19(34)33-11-22(26,27)28/h3-9,17H,10-11H2,1-2H3,(H,32,35)(H,33,34)/b6-4+. The van der Waals surface area contributed by atoms with Crippen molar-refractivity contribution >= 4 is 68.0 Å². The van der Waals surface area contributed by atoms with Crippen LogP contribution < -0.4 is 10.6 Å². The summed E-state index contributed by atoms with van der Waals surface area (Å²) in [4.78, 5) is 0.148. The van der Waals surface area contributed by atoms with Gasteiger partial charge in [-0.15, -0.1) is 0 Å². The molecule has 1 unspecified atom stereocenters. The lowest BCUT2D eigenvalue weighted by Crippen LogP contribution is -2.39. The molecule has 0 aliphatic rings. The van der Waals surface area contributed by atoms with E-state index in [0.29, 0.717) is 31.7 Å². The summed E-state index contributed by atoms with van der Waals surface area (Å²) in [5.74, 6) is -1.83. The van der Waals surface area contributed by atoms with Gasteiger partial charge in [0.2, 0.25) is 0 Å². The van der Waals surface area contributed by atoms with Crippen molar-refractivity contribution in [2.75, 3.05) is 13.1 Å². The molecule has 0 heterocycles. The lowest BCUT2D eigenvalue weighted by atomic mass is 9.94. The Hall–Kier alpha value is -1.69. The highest BCUT2D eigenvalue weighted by molar-refractivity contribution is 9.10. The fraction of sp³-hybridized carbons (Fsp3) is 0.304. The van der Waals surface area contributed by atoms with E-state index in [1.54, 1.807) is 32.0 Å². The van der Waals surface area contributed by atoms with Gasteiger partial charge < -0.3 is 10.6 Å². The first-order valence-corrected chi connectivity index (χ1v) is 12.0. The van der Waals surface area contributed by atoms with E-state index >= 15 is 0 Å². The summed E-state index contributed by atoms with van der Waals surface area (Å²) in [5.41, 5.74) is 2.20. The largest absolute Gasteiger partial charge is 0.405 e. The minimum Gasteiger partial charge on any atom is -0.369 e. The summed E-state index contributed by atoms with van der Waals surface area (Å²) in [6.07, 6.45) is -6.47. The van der Waals surface area contributed by atoms with Crippen LogP contribution in [0.25, 0.3) is 6.08 Å². The van der Waals surface area contributed by atoms with Crippen molar-refractivity contribution in [1.82, 2.24) is 10.6 Å². The molecule has 1 atom stereocenters. The van der Waals surface area contributed by atoms with Crippen LogP contribution in [-0.4, -0.2) is 35.4 Å². The van der Waals surface area contributed by atoms with E-state index in [-0.39, 0.29) is 22.1 Å². The molecule has 0 amide bonds. The maximum Gasteiger partial charge on any atom is 0.405 e. The summed E-state index contributed by atoms with van der Waals surface area (Å²) in [5, 5.41) is 5.27. The lowest BCUT2D eigenvalue weighted by molar-refractivity contribution is -0.139. The van der Waals surface area contributed by atoms with Crippen molar-refractivity contribution in [3.8, 4) is 0 Å². The molecule has 35 heavy (non-hydrogen) atoms. The molecular weight excluding hydrogens is 598 g/mol. The third-order valence-corrected chi connectivity index (χ3v) is 6.69. The topological polar surface area (TPSA) is 24.1 Å². The van der Waals surface area contributed by atoms with Gasteiger partial charge in [0.15, 0.2) is 0 Å². The number of hydrogen-bond donors (Lipinski definition) is 2. The maximum absolute atomic E-state index is 13.8. The molecule has 2 N–H and O–H groups in total. The first kappa shape index (κ1) is 29.5. The number of halogens is 8. The quantitative estimate of drug-likeness (QED) is 0.244. The van der Waals surface area contributed by atoms with E-state index in [0.717, 1.165) is 6.08 Å². The summed E-state index contributed by atoms with van der Waals surface area (Å²) >= 11 is 19.5. The Labute approximate surface area is 223 Å². The van der Waals surface area contributed by atoms with Gasteiger partial charge >= 0.3 is 12.4 Å². The zero-order valence-corrected chi connectivity index (χ0v) is 22.3. The zero-order valence-electron chi connectivity index (χ0n) is 18.4. The van der Waals surface area contributed by atoms with Crippen LogP contribution in [0.4, 0.5) is 26.3 Å². The molecule has 2 aromatic carbocycles. The monoisotopic (exact) mass is 616 g/mol. The van der Waals surface area contributed by atoms with Crippen LogP contribution in [0.5, 0.6) is 0 Å². The predicted octanol–water partition coefficient (Wildman–Crippen LogP) is 7.82. The number of rotatable bonds is 7. The van der Waals surface area contributed by atoms with E-state index in [9.17, 15) is 26.3 Å². The first-order valence-electron chi connectivity index (χ1n) is 10.0. The van der Waals surface area contributed by atoms with Crippen molar-refractivity contribution < 1.29 is 26.3 Å². The molecule has 0 saturated heterocycles. The highest BCUT2D eigenvalue weighted by Crippen LogP contribution is 2.38. The number of benzene rings is 2. The molecule has 2 aromatic rings. The van der Waals surface area contributed by atoms with Gasteiger partial charge in [-0.05, 0) is 42.2 Å². The van der Waals surface area contributed by atoms with Crippen LogP contribution in [-0.2, 0) is 0 Å². The number of aryl methyl sites for hydroxylation is 2. The lowest BCUT2D eigenvalue weighted by Gasteiger charge is -2.19. The summed E-state index contributed by atoms with van der Waals surface area (Å²) in [7, 11) is 0. The third-order valence-electron chi connectivity index (χ3n) is 4.78. The van der Waals surface area contributed by atoms with E-state index in [2.05, 4.69) is 26.6 Å². The van der Waals surface area contributed by atoms with Crippen LogP contribution in [0.15, 0.2) is 40.9 Å². The number of alkyl halides is 6. The Balaban J connectivity index is 2.15. The summed E-state index contributed by atoms with van der Waals surface area (Å²) in [6.45, 7) is 1.95. The van der Waals surface area contributed by atoms with E-state index in [1.165, 1.54) is 18.2 Å². The third kappa shape index (κ3) is 9.04. The average molecular weight is 618 g/mol. The zero-order chi connectivity index (χ0) is 26.6. The second-order valence-corrected chi connectivity index (χ2v) is 9.79. The van der Waals surface area contributed by atoms with E-state index in [1.807, 2.05) is 0 Å². The van der Waals surface area contributed by atoms with Crippen molar-refractivity contribution in [3.63, 3.8) is 0 Å². The minimum absolute atomic E-state index is 0.0637. The Morgan fingerprint density at radius 2 is 1.63 bits per heavy atom. The second-order valence-electron chi connectivity index (χ2n) is 7.66. The summed E-state index contributed by atoms with van der Waals surface area (Å²) < 4.78 is 78.6. The molecule has 12 heteroatoms. The molecule has 2 rings (SSSR count). The molecule has 0 bridgehead atoms. The number of nitrogens with one attached hydrogen (secondary N) is 2. The van der Waals surface area contributed by atoms with E-state index in [4.69, 9.17) is 36.0 Å². The molecule has 0 saturated carbocycles. The molecule has 190 valence electrons. The van der Waals surface area contributed by atoms with Gasteiger partial charge in [-0.3, -0.25) is 0 Å². The Bertz CT molecular complexity index is 1110. The average Bonchev–Trinajstić information content (AvgIpc) is 2.73. The highest BCUT2D eigenvalue weighted by atomic mass is 79.9. The molecule has 0 aliphatic heterocycles. The van der Waals surface area contributed by atoms with Crippen LogP contribution in [0.3, 0.4) is 0 Å². The predicted molar refractivity (Wildman–Crippen MR) is 139 cm³/mol. The van der Waals surface area contributed by atoms with Gasteiger partial charge in [0.1, 0.15) is 11.5 Å². The summed E-state index contributed by atoms with van der Waals surface area (Å²) in [6, 6.07) is 7.61. The Morgan fingerprint density at radius 3 is 2.14 bits per heavy atom. The smallest absolute Gasteiger partial charge is 0.369 e. The van der Waals surface area contributed by atoms with Crippen molar-refractivity contribution in [2.24, 2.45) is 0 Å². The molecule has 0 aliphatic carbocycles. The van der Waals surface area contributed by atoms with Crippen molar-refractivity contribution in [1.29, 1.82) is 0 Å². The Kier molecular flexibility index (Phi) is 10.2. The minimum atomic E-state index is -4.51. The fourth-order valence-electron chi connectivity index (χ4n) is 3.11. The van der Waals surface area contributed by atoms with Crippen molar-refractivity contribution in [2.45, 2.75) is 32.1 Å². The molecule has 2 nitrogen and oxygen atoms in total. The maximum atomic E-state index is 13.8. The van der Waals surface area contributed by atoms with Gasteiger partial charge in [-0.2, -0.15) is 26.3 Å². The molecule has 0 aromatic heterocycles. The molecule has 0 spiro atoms. The number of hydrogen-bond acceptors (Lipinski definition) is 2.